The molecule has 6 aliphatic rings. The van der Waals surface area contributed by atoms with Crippen LogP contribution in [0.4, 0.5) is 56.9 Å². The highest BCUT2D eigenvalue weighted by molar-refractivity contribution is 6.06. The van der Waals surface area contributed by atoms with Crippen LogP contribution in [0, 0.1) is 5.92 Å². The maximum Gasteiger partial charge on any atom is 0.272 e. The van der Waals surface area contributed by atoms with Crippen molar-refractivity contribution in [2.75, 3.05) is 211 Å². The van der Waals surface area contributed by atoms with E-state index in [0.717, 1.165) is 194 Å². The summed E-state index contributed by atoms with van der Waals surface area (Å²) in [6.45, 7) is 61.0. The summed E-state index contributed by atoms with van der Waals surface area (Å²) in [6, 6.07) is 57.5. The summed E-state index contributed by atoms with van der Waals surface area (Å²) in [6.07, 6.45) is 9.07. The molecule has 9 aromatic rings. The molecule has 7 aromatic carbocycles. The van der Waals surface area contributed by atoms with E-state index in [9.17, 15) is 24.0 Å². The molecule has 0 bridgehead atoms. The van der Waals surface area contributed by atoms with E-state index >= 15 is 0 Å². The first kappa shape index (κ1) is 104. The van der Waals surface area contributed by atoms with E-state index in [4.69, 9.17) is 9.47 Å². The zero-order valence-electron chi connectivity index (χ0n) is 84.5. The van der Waals surface area contributed by atoms with Crippen molar-refractivity contribution in [2.24, 2.45) is 5.92 Å². The Bertz CT molecular complexity index is 5030. The fourth-order valence-corrected chi connectivity index (χ4v) is 17.3. The molecule has 720 valence electrons. The van der Waals surface area contributed by atoms with Crippen LogP contribution >= 0.6 is 0 Å². The summed E-state index contributed by atoms with van der Waals surface area (Å²) >= 11 is 0. The third-order valence-electron chi connectivity index (χ3n) is 25.4. The summed E-state index contributed by atoms with van der Waals surface area (Å²) in [5, 5.41) is 19.1. The Labute approximate surface area is 796 Å². The predicted molar refractivity (Wildman–Crippen MR) is 556 cm³/mol. The van der Waals surface area contributed by atoms with Crippen LogP contribution in [0.5, 0.6) is 0 Å². The SMILES string of the molecule is CC(=O)Nc1ccccc1C(C)(C)C.CC(C)(C)c1ccccc1NC(=O)c1ccccc1.CN1CCN(c2ccc(C(C)(C)C)c(NC(=O)C3CCOCC3)c2)CC1.CN1CCN(c2ccc(C(C)(C)C)c(NC(=O)c3cc[nH]c3)c2)CC1.CN1CCN(c2ccc(C(C)(C)C)c(NC(=O)c3ccc[nH]3)c2)CC1.CN1CCN(c2ccc(C(C)(C)C)c(NC3CCOCC3)c2)CC1. The third kappa shape index (κ3) is 31.7. The van der Waals surface area contributed by atoms with Crippen molar-refractivity contribution in [3.63, 3.8) is 0 Å². The molecule has 0 unspecified atom stereocenters. The number of aromatic nitrogens is 2. The first-order valence-electron chi connectivity index (χ1n) is 48.1. The first-order chi connectivity index (χ1) is 62.9. The molecule has 133 heavy (non-hydrogen) atoms. The molecule has 6 fully saturated rings. The number of carbonyl (C=O) groups excluding carboxylic acids is 5. The summed E-state index contributed by atoms with van der Waals surface area (Å²) < 4.78 is 10.9. The Balaban J connectivity index is 0.000000167. The fraction of sp³-hybridized carbons (Fsp3) is 0.500. The molecule has 2 aromatic heterocycles. The molecule has 0 saturated carbocycles. The van der Waals surface area contributed by atoms with Gasteiger partial charge in [-0.15, -0.1) is 0 Å². The molecular formula is C110H158N16O7. The quantitative estimate of drug-likeness (QED) is 0.0477. The van der Waals surface area contributed by atoms with Gasteiger partial charge in [-0.2, -0.15) is 0 Å². The number of amides is 5. The number of nitrogens with zero attached hydrogens (tertiary/aromatic N) is 8. The van der Waals surface area contributed by atoms with E-state index in [1.807, 2.05) is 78.9 Å². The van der Waals surface area contributed by atoms with Crippen molar-refractivity contribution < 1.29 is 33.4 Å². The van der Waals surface area contributed by atoms with Crippen molar-refractivity contribution >= 4 is 86.4 Å². The number of benzene rings is 7. The van der Waals surface area contributed by atoms with Gasteiger partial charge in [-0.05, 0) is 211 Å². The average Bonchev–Trinajstić information content (AvgIpc) is 0.966. The third-order valence-corrected chi connectivity index (χ3v) is 25.4. The summed E-state index contributed by atoms with van der Waals surface area (Å²) in [5.41, 5.74) is 19.9. The molecular weight excluding hydrogens is 1660 g/mol. The van der Waals surface area contributed by atoms with Crippen LogP contribution in [-0.4, -0.2) is 224 Å². The normalized spacial score (nSPS) is 16.6. The highest BCUT2D eigenvalue weighted by atomic mass is 16.5. The molecule has 0 radical (unpaired) electrons. The zero-order chi connectivity index (χ0) is 96.6. The van der Waals surface area contributed by atoms with Crippen LogP contribution in [0.2, 0.25) is 0 Å². The Morgan fingerprint density at radius 1 is 0.316 bits per heavy atom. The molecule has 0 spiro atoms. The molecule has 6 saturated heterocycles. The van der Waals surface area contributed by atoms with E-state index in [2.05, 4.69) is 313 Å². The van der Waals surface area contributed by atoms with Gasteiger partial charge in [0.15, 0.2) is 0 Å². The number of H-pyrrole nitrogens is 2. The van der Waals surface area contributed by atoms with Gasteiger partial charge < -0.3 is 90.5 Å². The number of hydrogen-bond acceptors (Lipinski definition) is 16. The van der Waals surface area contributed by atoms with Crippen LogP contribution < -0.4 is 51.5 Å². The molecule has 23 nitrogen and oxygen atoms in total. The van der Waals surface area contributed by atoms with Crippen molar-refractivity contribution in [3.05, 3.63) is 239 Å². The number of piperazine rings is 4. The molecule has 0 aliphatic carbocycles. The minimum Gasteiger partial charge on any atom is -0.382 e. The van der Waals surface area contributed by atoms with E-state index < -0.39 is 0 Å². The van der Waals surface area contributed by atoms with Crippen molar-refractivity contribution in [3.8, 4) is 0 Å². The van der Waals surface area contributed by atoms with Crippen molar-refractivity contribution in [2.45, 2.75) is 196 Å². The largest absolute Gasteiger partial charge is 0.382 e. The molecule has 0 atom stereocenters. The second kappa shape index (κ2) is 47.4. The highest BCUT2D eigenvalue weighted by Gasteiger charge is 2.31. The molecule has 8 heterocycles. The van der Waals surface area contributed by atoms with Gasteiger partial charge in [-0.3, -0.25) is 24.0 Å². The number of likely N-dealkylation sites (N-methyl/N-ethyl adjacent to an activating group) is 4. The summed E-state index contributed by atoms with van der Waals surface area (Å²) in [4.78, 5) is 86.1. The zero-order valence-corrected chi connectivity index (χ0v) is 84.5. The monoisotopic (exact) mass is 1820 g/mol. The van der Waals surface area contributed by atoms with Crippen LogP contribution in [-0.2, 0) is 51.6 Å². The lowest BCUT2D eigenvalue weighted by Gasteiger charge is -2.35. The Morgan fingerprint density at radius 3 is 1.00 bits per heavy atom. The van der Waals surface area contributed by atoms with Crippen LogP contribution in [0.25, 0.3) is 0 Å². The van der Waals surface area contributed by atoms with Gasteiger partial charge in [-0.1, -0.05) is 203 Å². The first-order valence-corrected chi connectivity index (χ1v) is 48.1. The predicted octanol–water partition coefficient (Wildman–Crippen LogP) is 20.2. The van der Waals surface area contributed by atoms with Crippen LogP contribution in [0.1, 0.15) is 222 Å². The fourth-order valence-electron chi connectivity index (χ4n) is 17.3. The lowest BCUT2D eigenvalue weighted by molar-refractivity contribution is -0.122. The van der Waals surface area contributed by atoms with E-state index in [-0.39, 0.29) is 67.9 Å². The minimum atomic E-state index is -0.106. The maximum absolute atomic E-state index is 12.8. The van der Waals surface area contributed by atoms with Crippen molar-refractivity contribution in [1.29, 1.82) is 0 Å². The number of carbonyl (C=O) groups is 5. The standard InChI is InChI=1S/C21H33N3O2.2C20H28N4O.C20H33N3O.C17H19NO.C12H17NO/c1-21(2,3)18-6-5-17(24-11-9-23(4)10-12-24)15-19(18)22-20(25)16-7-13-26-14-8-16;1-20(2,3)17-6-5-16(24-11-9-23(4)10-12-24)13-18(17)22-19(25)15-7-8-21-14-15;1-20(2,3)16-8-7-15(24-12-10-23(4)11-13-24)14-18(16)22-19(25)17-6-5-9-21-17;1-20(2,3)18-6-5-17(23-11-9-22(4)10-12-23)15-19(18)21-16-7-13-24-14-8-16;1-17(2,3)14-11-7-8-12-15(14)18-16(19)13-9-5-4-6-10-13;1-9(14)13-11-8-6-5-7-10(11)12(2,3)4/h5-6,15-16H,7-14H2,1-4H3,(H,22,25);5-8,13-14,21H,9-12H2,1-4H3,(H,22,25);5-9,14,21H,10-13H2,1-4H3,(H,22,25);5-6,15-16,21H,7-14H2,1-4H3;4-12H,1-3H3,(H,18,19);5-8H,1-4H3,(H,13,14). The van der Waals surface area contributed by atoms with Gasteiger partial charge in [0.05, 0.1) is 5.56 Å². The molecule has 23 heteroatoms. The average molecular weight is 1820 g/mol. The second-order valence-electron chi connectivity index (χ2n) is 42.7. The smallest absolute Gasteiger partial charge is 0.272 e. The van der Waals surface area contributed by atoms with Crippen LogP contribution in [0.15, 0.2) is 188 Å². The number of aromatic amines is 2. The Morgan fingerprint density at radius 2 is 0.639 bits per heavy atom. The number of anilines is 10. The Kier molecular flexibility index (Phi) is 37.2. The van der Waals surface area contributed by atoms with E-state index in [0.29, 0.717) is 36.1 Å². The number of para-hydroxylation sites is 2. The number of nitrogens with one attached hydrogen (secondary N) is 8. The van der Waals surface area contributed by atoms with Gasteiger partial charge in [-0.25, -0.2) is 0 Å². The van der Waals surface area contributed by atoms with Gasteiger partial charge in [0.25, 0.3) is 17.7 Å². The van der Waals surface area contributed by atoms with Crippen LogP contribution in [0.3, 0.4) is 0 Å². The molecule has 6 aliphatic heterocycles. The topological polar surface area (TPSA) is 233 Å². The minimum absolute atomic E-state index is 0.000557. The number of rotatable bonds is 15. The molecule has 5 amide bonds. The molecule has 8 N–H and O–H groups in total. The van der Waals surface area contributed by atoms with Gasteiger partial charge >= 0.3 is 0 Å². The lowest BCUT2D eigenvalue weighted by atomic mass is 9.85. The molecule has 15 rings (SSSR count). The van der Waals surface area contributed by atoms with Gasteiger partial charge in [0.2, 0.25) is 11.8 Å². The lowest BCUT2D eigenvalue weighted by Crippen LogP contribution is -2.44. The maximum atomic E-state index is 12.8. The highest BCUT2D eigenvalue weighted by Crippen LogP contribution is 2.40. The summed E-state index contributed by atoms with van der Waals surface area (Å²) in [5.74, 6) is -0.0921. The second-order valence-corrected chi connectivity index (χ2v) is 42.7. The van der Waals surface area contributed by atoms with Gasteiger partial charge in [0.1, 0.15) is 5.69 Å². The van der Waals surface area contributed by atoms with Gasteiger partial charge in [0, 0.05) is 231 Å². The van der Waals surface area contributed by atoms with E-state index in [1.165, 1.54) is 46.5 Å². The van der Waals surface area contributed by atoms with E-state index in [1.54, 1.807) is 30.7 Å². The Hall–Kier alpha value is -10.8. The number of ether oxygens (including phenoxy) is 2. The summed E-state index contributed by atoms with van der Waals surface area (Å²) in [7, 11) is 8.68. The number of hydrogen-bond donors (Lipinski definition) is 8. The van der Waals surface area contributed by atoms with Crippen molar-refractivity contribution in [1.82, 2.24) is 29.6 Å².